The Morgan fingerprint density at radius 2 is 2.17 bits per heavy atom. The molecule has 0 spiro atoms. The number of H-pyrrole nitrogens is 1. The number of hydrogen-bond donors (Lipinski definition) is 2. The highest BCUT2D eigenvalue weighted by Crippen LogP contribution is 2.57. The molecule has 0 radical (unpaired) electrons. The number of aromatic amines is 1. The van der Waals surface area contributed by atoms with Gasteiger partial charge in [-0.05, 0) is 30.9 Å². The van der Waals surface area contributed by atoms with Crippen molar-refractivity contribution in [3.63, 3.8) is 0 Å². The van der Waals surface area contributed by atoms with Gasteiger partial charge in [0.25, 0.3) is 0 Å². The maximum atomic E-state index is 13.4. The van der Waals surface area contributed by atoms with Crippen LogP contribution in [0, 0.1) is 11.8 Å². The zero-order valence-corrected chi connectivity index (χ0v) is 16.9. The molecule has 7 nitrogen and oxygen atoms in total. The van der Waals surface area contributed by atoms with Crippen LogP contribution in [0.1, 0.15) is 43.5 Å². The van der Waals surface area contributed by atoms with Crippen LogP contribution in [0.3, 0.4) is 0 Å². The maximum absolute atomic E-state index is 13.4. The van der Waals surface area contributed by atoms with Crippen molar-refractivity contribution in [3.05, 3.63) is 29.5 Å². The number of piperidine rings is 2. The molecule has 4 bridgehead atoms. The Hall–Kier alpha value is -2.54. The SMILES string of the molecule is CC[C@H]1C[C@@H]2C[C@@]3(C(=O)OC)c4[nH]c5cc(OC)ccc5c4[C@@H](O)CN(C2=O)[C@@H]13. The molecule has 0 unspecified atom stereocenters. The highest BCUT2D eigenvalue weighted by molar-refractivity contribution is 5.95. The molecular weight excluding hydrogens is 372 g/mol. The molecule has 1 aromatic carbocycles. The van der Waals surface area contributed by atoms with Gasteiger partial charge in [0.05, 0.1) is 32.9 Å². The molecule has 4 aliphatic rings. The van der Waals surface area contributed by atoms with E-state index in [1.165, 1.54) is 7.11 Å². The first-order valence-corrected chi connectivity index (χ1v) is 10.2. The standard InChI is InChI=1S/C22H26N2O5/c1-4-11-7-12-9-22(21(27)29-3)18-17(16(25)10-24(19(11)22)20(12)26)14-6-5-13(28-2)8-15(14)23-18/h5-6,8,11-12,16,19,23,25H,4,7,9-10H2,1-3H3/t11-,12+,16-,19-,22+/m0/s1. The number of rotatable bonds is 3. The molecule has 6 rings (SSSR count). The van der Waals surface area contributed by atoms with Crippen molar-refractivity contribution in [3.8, 4) is 5.75 Å². The number of carbonyl (C=O) groups is 2. The van der Waals surface area contributed by atoms with Crippen LogP contribution in [0.4, 0.5) is 0 Å². The number of fused-ring (bicyclic) bond motifs is 4. The van der Waals surface area contributed by atoms with E-state index in [9.17, 15) is 14.7 Å². The minimum Gasteiger partial charge on any atom is -0.497 e. The Kier molecular flexibility index (Phi) is 3.97. The van der Waals surface area contributed by atoms with E-state index in [4.69, 9.17) is 9.47 Å². The predicted molar refractivity (Wildman–Crippen MR) is 106 cm³/mol. The molecule has 1 amide bonds. The Morgan fingerprint density at radius 3 is 2.86 bits per heavy atom. The minimum absolute atomic E-state index is 0.0504. The van der Waals surface area contributed by atoms with Crippen LogP contribution < -0.4 is 4.74 Å². The zero-order valence-electron chi connectivity index (χ0n) is 16.9. The van der Waals surface area contributed by atoms with Gasteiger partial charge < -0.3 is 24.5 Å². The van der Waals surface area contributed by atoms with Gasteiger partial charge in [-0.2, -0.15) is 0 Å². The van der Waals surface area contributed by atoms with Crippen molar-refractivity contribution in [2.24, 2.45) is 11.8 Å². The summed E-state index contributed by atoms with van der Waals surface area (Å²) in [4.78, 5) is 31.7. The number of aliphatic hydroxyl groups is 1. The molecule has 29 heavy (non-hydrogen) atoms. The molecule has 7 heteroatoms. The molecule has 1 saturated carbocycles. The molecule has 2 aromatic rings. The average Bonchev–Trinajstić information content (AvgIpc) is 3.10. The summed E-state index contributed by atoms with van der Waals surface area (Å²) in [6.07, 6.45) is 1.19. The predicted octanol–water partition coefficient (Wildman–Crippen LogP) is 2.28. The Bertz CT molecular complexity index is 1010. The molecule has 2 N–H and O–H groups in total. The smallest absolute Gasteiger partial charge is 0.319 e. The van der Waals surface area contributed by atoms with Gasteiger partial charge in [0.15, 0.2) is 0 Å². The quantitative estimate of drug-likeness (QED) is 0.774. The van der Waals surface area contributed by atoms with Gasteiger partial charge in [-0.15, -0.1) is 0 Å². The van der Waals surface area contributed by atoms with Crippen LogP contribution in [0.5, 0.6) is 5.75 Å². The molecular formula is C22H26N2O5. The van der Waals surface area contributed by atoms with Crippen molar-refractivity contribution in [2.75, 3.05) is 20.8 Å². The fourth-order valence-electron chi connectivity index (χ4n) is 6.20. The normalized spacial score (nSPS) is 32.8. The van der Waals surface area contributed by atoms with Gasteiger partial charge in [0, 0.05) is 34.1 Å². The average molecular weight is 398 g/mol. The van der Waals surface area contributed by atoms with Gasteiger partial charge in [-0.3, -0.25) is 9.59 Å². The molecule has 154 valence electrons. The fourth-order valence-corrected chi connectivity index (χ4v) is 6.20. The molecule has 3 aliphatic heterocycles. The Balaban J connectivity index is 1.83. The van der Waals surface area contributed by atoms with Crippen molar-refractivity contribution in [1.29, 1.82) is 0 Å². The van der Waals surface area contributed by atoms with Crippen LogP contribution in [-0.2, 0) is 19.7 Å². The molecule has 5 atom stereocenters. The molecule has 2 saturated heterocycles. The third-order valence-corrected chi connectivity index (χ3v) is 7.34. The topological polar surface area (TPSA) is 91.9 Å². The van der Waals surface area contributed by atoms with Crippen molar-refractivity contribution < 1.29 is 24.2 Å². The number of nitrogens with one attached hydrogen (secondary N) is 1. The summed E-state index contributed by atoms with van der Waals surface area (Å²) in [6, 6.07) is 5.31. The summed E-state index contributed by atoms with van der Waals surface area (Å²) in [5, 5.41) is 12.0. The molecule has 1 aromatic heterocycles. The number of benzene rings is 1. The number of aromatic nitrogens is 1. The zero-order chi connectivity index (χ0) is 20.5. The summed E-state index contributed by atoms with van der Waals surface area (Å²) < 4.78 is 10.7. The second-order valence-electron chi connectivity index (χ2n) is 8.54. The molecule has 1 aliphatic carbocycles. The van der Waals surface area contributed by atoms with Gasteiger partial charge >= 0.3 is 5.97 Å². The largest absolute Gasteiger partial charge is 0.497 e. The first-order chi connectivity index (χ1) is 14.0. The van der Waals surface area contributed by atoms with Gasteiger partial charge in [0.1, 0.15) is 11.2 Å². The third kappa shape index (κ3) is 2.22. The van der Waals surface area contributed by atoms with Crippen LogP contribution in [0.15, 0.2) is 18.2 Å². The van der Waals surface area contributed by atoms with E-state index in [2.05, 4.69) is 11.9 Å². The third-order valence-electron chi connectivity index (χ3n) is 7.34. The summed E-state index contributed by atoms with van der Waals surface area (Å²) in [5.41, 5.74) is 1.21. The first kappa shape index (κ1) is 18.5. The van der Waals surface area contributed by atoms with E-state index >= 15 is 0 Å². The number of carbonyl (C=O) groups excluding carboxylic acids is 2. The van der Waals surface area contributed by atoms with Crippen LogP contribution in [-0.4, -0.2) is 53.7 Å². The van der Waals surface area contributed by atoms with E-state index in [1.807, 2.05) is 18.2 Å². The Labute approximate surface area is 169 Å². The lowest BCUT2D eigenvalue weighted by Gasteiger charge is -2.57. The number of ether oxygens (including phenoxy) is 2. The number of esters is 1. The van der Waals surface area contributed by atoms with E-state index in [-0.39, 0.29) is 36.3 Å². The lowest BCUT2D eigenvalue weighted by Crippen LogP contribution is -2.69. The summed E-state index contributed by atoms with van der Waals surface area (Å²) in [5.74, 6) is 0.364. The number of methoxy groups -OCH3 is 2. The van der Waals surface area contributed by atoms with E-state index in [0.29, 0.717) is 23.4 Å². The van der Waals surface area contributed by atoms with E-state index in [0.717, 1.165) is 23.7 Å². The second kappa shape index (κ2) is 6.23. The lowest BCUT2D eigenvalue weighted by molar-refractivity contribution is -0.174. The fraction of sp³-hybridized carbons (Fsp3) is 0.545. The summed E-state index contributed by atoms with van der Waals surface area (Å²) in [7, 11) is 3.01. The van der Waals surface area contributed by atoms with Gasteiger partial charge in [0.2, 0.25) is 5.91 Å². The van der Waals surface area contributed by atoms with E-state index < -0.39 is 11.5 Å². The summed E-state index contributed by atoms with van der Waals surface area (Å²) >= 11 is 0. The van der Waals surface area contributed by atoms with Crippen LogP contribution in [0.25, 0.3) is 10.9 Å². The summed E-state index contributed by atoms with van der Waals surface area (Å²) in [6.45, 7) is 2.29. The highest BCUT2D eigenvalue weighted by Gasteiger charge is 2.66. The minimum atomic E-state index is -0.995. The van der Waals surface area contributed by atoms with Crippen molar-refractivity contribution >= 4 is 22.8 Å². The van der Waals surface area contributed by atoms with E-state index in [1.54, 1.807) is 12.0 Å². The van der Waals surface area contributed by atoms with Crippen LogP contribution in [0.2, 0.25) is 0 Å². The monoisotopic (exact) mass is 398 g/mol. The number of aliphatic hydroxyl groups excluding tert-OH is 1. The van der Waals surface area contributed by atoms with Crippen molar-refractivity contribution in [1.82, 2.24) is 9.88 Å². The maximum Gasteiger partial charge on any atom is 0.319 e. The number of hydrogen-bond acceptors (Lipinski definition) is 5. The van der Waals surface area contributed by atoms with Gasteiger partial charge in [-0.1, -0.05) is 13.3 Å². The first-order valence-electron chi connectivity index (χ1n) is 10.2. The van der Waals surface area contributed by atoms with Crippen molar-refractivity contribution in [2.45, 2.75) is 43.7 Å². The Morgan fingerprint density at radius 1 is 1.38 bits per heavy atom. The number of nitrogens with zero attached hydrogens (tertiary/aromatic N) is 1. The molecule has 3 fully saturated rings. The lowest BCUT2D eigenvalue weighted by atomic mass is 9.56. The highest BCUT2D eigenvalue weighted by atomic mass is 16.5. The van der Waals surface area contributed by atoms with Crippen LogP contribution >= 0.6 is 0 Å². The second-order valence-corrected chi connectivity index (χ2v) is 8.54. The van der Waals surface area contributed by atoms with Gasteiger partial charge in [-0.25, -0.2) is 0 Å². The number of amides is 1. The molecule has 4 heterocycles.